The number of rotatable bonds is 6. The third kappa shape index (κ3) is 4.67. The van der Waals surface area contributed by atoms with Gasteiger partial charge < -0.3 is 14.6 Å². The number of ether oxygens (including phenoxy) is 2. The van der Waals surface area contributed by atoms with Crippen LogP contribution in [0.1, 0.15) is 17.2 Å². The molecule has 0 saturated carbocycles. The Morgan fingerprint density at radius 3 is 2.57 bits per heavy atom. The van der Waals surface area contributed by atoms with E-state index in [9.17, 15) is 5.11 Å². The molecule has 2 aromatic rings. The van der Waals surface area contributed by atoms with Gasteiger partial charge in [0.15, 0.2) is 0 Å². The molecule has 1 unspecified atom stereocenters. The molecule has 0 amide bonds. The van der Waals surface area contributed by atoms with E-state index in [2.05, 4.69) is 38.5 Å². The van der Waals surface area contributed by atoms with Gasteiger partial charge in [0, 0.05) is 10.7 Å². The largest absolute Gasteiger partial charge is 0.490 e. The summed E-state index contributed by atoms with van der Waals surface area (Å²) in [5.41, 5.74) is 1.70. The lowest BCUT2D eigenvalue weighted by Gasteiger charge is -2.14. The van der Waals surface area contributed by atoms with Crippen LogP contribution in [0.5, 0.6) is 5.75 Å². The van der Waals surface area contributed by atoms with Crippen LogP contribution in [-0.4, -0.2) is 25.4 Å². The normalized spacial score (nSPS) is 12.2. The predicted octanol–water partition coefficient (Wildman–Crippen LogP) is 4.16. The molecule has 0 saturated heterocycles. The highest BCUT2D eigenvalue weighted by molar-refractivity contribution is 14.1. The number of methoxy groups -OCH3 is 1. The number of hydrogen-bond donors (Lipinski definition) is 1. The van der Waals surface area contributed by atoms with Crippen LogP contribution in [0.25, 0.3) is 0 Å². The lowest BCUT2D eigenvalue weighted by Crippen LogP contribution is -2.05. The van der Waals surface area contributed by atoms with Crippen LogP contribution in [-0.2, 0) is 4.74 Å². The third-order valence-corrected chi connectivity index (χ3v) is 4.27. The summed E-state index contributed by atoms with van der Waals surface area (Å²) in [6.07, 6.45) is -0.649. The molecule has 21 heavy (non-hydrogen) atoms. The lowest BCUT2D eigenvalue weighted by molar-refractivity contribution is 0.146. The van der Waals surface area contributed by atoms with Gasteiger partial charge >= 0.3 is 0 Å². The van der Waals surface area contributed by atoms with Crippen molar-refractivity contribution >= 4 is 38.5 Å². The fourth-order valence-electron chi connectivity index (χ4n) is 1.91. The van der Waals surface area contributed by atoms with E-state index in [1.165, 1.54) is 0 Å². The summed E-state index contributed by atoms with van der Waals surface area (Å²) in [5, 5.41) is 10.5. The molecule has 0 radical (unpaired) electrons. The Kier molecular flexibility index (Phi) is 6.47. The van der Waals surface area contributed by atoms with Crippen LogP contribution in [0.3, 0.4) is 0 Å². The van der Waals surface area contributed by atoms with Crippen LogP contribution < -0.4 is 4.74 Å². The van der Waals surface area contributed by atoms with Crippen molar-refractivity contribution in [3.8, 4) is 5.75 Å². The zero-order chi connectivity index (χ0) is 15.2. The van der Waals surface area contributed by atoms with Crippen LogP contribution >= 0.6 is 38.5 Å². The van der Waals surface area contributed by atoms with Crippen LogP contribution in [0.15, 0.2) is 46.9 Å². The molecule has 0 bridgehead atoms. The summed E-state index contributed by atoms with van der Waals surface area (Å²) >= 11 is 5.71. The molecule has 0 fully saturated rings. The van der Waals surface area contributed by atoms with Crippen molar-refractivity contribution in [1.29, 1.82) is 0 Å². The molecule has 1 atom stereocenters. The molecule has 1 N–H and O–H groups in total. The van der Waals surface area contributed by atoms with E-state index in [1.54, 1.807) is 7.11 Å². The highest BCUT2D eigenvalue weighted by Gasteiger charge is 2.13. The van der Waals surface area contributed by atoms with Gasteiger partial charge in [0.05, 0.1) is 11.1 Å². The summed E-state index contributed by atoms with van der Waals surface area (Å²) in [6.45, 7) is 1.03. The van der Waals surface area contributed by atoms with Crippen molar-refractivity contribution in [1.82, 2.24) is 0 Å². The van der Waals surface area contributed by atoms with Gasteiger partial charge in [0.2, 0.25) is 0 Å². The fraction of sp³-hybridized carbons (Fsp3) is 0.250. The first-order valence-electron chi connectivity index (χ1n) is 6.46. The molecule has 5 heteroatoms. The number of benzene rings is 2. The molecule has 2 aromatic carbocycles. The van der Waals surface area contributed by atoms with E-state index in [0.717, 1.165) is 24.9 Å². The van der Waals surface area contributed by atoms with Gasteiger partial charge in [-0.05, 0) is 73.9 Å². The summed E-state index contributed by atoms with van der Waals surface area (Å²) in [4.78, 5) is 0. The first-order valence-corrected chi connectivity index (χ1v) is 8.33. The fourth-order valence-corrected chi connectivity index (χ4v) is 2.99. The summed E-state index contributed by atoms with van der Waals surface area (Å²) < 4.78 is 12.5. The van der Waals surface area contributed by atoms with Crippen molar-refractivity contribution < 1.29 is 14.6 Å². The van der Waals surface area contributed by atoms with Gasteiger partial charge in [-0.3, -0.25) is 0 Å². The minimum atomic E-state index is -0.649. The van der Waals surface area contributed by atoms with Crippen molar-refractivity contribution in [3.05, 3.63) is 61.6 Å². The van der Waals surface area contributed by atoms with Crippen LogP contribution in [0, 0.1) is 3.57 Å². The molecule has 0 aromatic heterocycles. The van der Waals surface area contributed by atoms with Crippen molar-refractivity contribution in [2.24, 2.45) is 0 Å². The van der Waals surface area contributed by atoms with Gasteiger partial charge in [0.1, 0.15) is 18.5 Å². The summed E-state index contributed by atoms with van der Waals surface area (Å²) in [7, 11) is 1.64. The van der Waals surface area contributed by atoms with Gasteiger partial charge in [-0.25, -0.2) is 0 Å². The van der Waals surface area contributed by atoms with E-state index in [4.69, 9.17) is 9.47 Å². The summed E-state index contributed by atoms with van der Waals surface area (Å²) in [5.74, 6) is 0.741. The van der Waals surface area contributed by atoms with E-state index in [-0.39, 0.29) is 0 Å². The molecular weight excluding hydrogens is 447 g/mol. The van der Waals surface area contributed by atoms with Crippen molar-refractivity contribution in [2.45, 2.75) is 6.10 Å². The van der Waals surface area contributed by atoms with Crippen molar-refractivity contribution in [2.75, 3.05) is 20.3 Å². The lowest BCUT2D eigenvalue weighted by atomic mass is 10.0. The van der Waals surface area contributed by atoms with E-state index >= 15 is 0 Å². The van der Waals surface area contributed by atoms with Gasteiger partial charge in [-0.1, -0.05) is 18.2 Å². The molecule has 0 heterocycles. The Balaban J connectivity index is 2.15. The SMILES string of the molecule is COCCOc1ccc(C(O)c2cccc(I)c2)cc1Br. The molecular formula is C16H16BrIO3. The third-order valence-electron chi connectivity index (χ3n) is 2.98. The van der Waals surface area contributed by atoms with E-state index in [0.29, 0.717) is 13.2 Å². The first kappa shape index (κ1) is 16.7. The van der Waals surface area contributed by atoms with Crippen LogP contribution in [0.4, 0.5) is 0 Å². The van der Waals surface area contributed by atoms with Gasteiger partial charge in [-0.2, -0.15) is 0 Å². The number of aliphatic hydroxyl groups excluding tert-OH is 1. The monoisotopic (exact) mass is 462 g/mol. The molecule has 0 spiro atoms. The van der Waals surface area contributed by atoms with Gasteiger partial charge in [0.25, 0.3) is 0 Å². The predicted molar refractivity (Wildman–Crippen MR) is 94.7 cm³/mol. The number of aliphatic hydroxyl groups is 1. The van der Waals surface area contributed by atoms with Crippen molar-refractivity contribution in [3.63, 3.8) is 0 Å². The Morgan fingerprint density at radius 1 is 1.14 bits per heavy atom. The molecule has 112 valence electrons. The average Bonchev–Trinajstić information content (AvgIpc) is 2.48. The topological polar surface area (TPSA) is 38.7 Å². The van der Waals surface area contributed by atoms with Crippen LogP contribution in [0.2, 0.25) is 0 Å². The summed E-state index contributed by atoms with van der Waals surface area (Å²) in [6, 6.07) is 13.4. The Bertz CT molecular complexity index is 604. The molecule has 3 nitrogen and oxygen atoms in total. The maximum absolute atomic E-state index is 10.5. The molecule has 0 aliphatic carbocycles. The molecule has 0 aliphatic heterocycles. The minimum Gasteiger partial charge on any atom is -0.490 e. The molecule has 2 rings (SSSR count). The second-order valence-corrected chi connectivity index (χ2v) is 6.59. The Morgan fingerprint density at radius 2 is 1.90 bits per heavy atom. The standard InChI is InChI=1S/C16H16BrIO3/c1-20-7-8-21-15-6-5-12(10-14(15)17)16(19)11-3-2-4-13(18)9-11/h2-6,9-10,16,19H,7-8H2,1H3. The Labute approximate surface area is 146 Å². The van der Waals surface area contributed by atoms with E-state index < -0.39 is 6.10 Å². The highest BCUT2D eigenvalue weighted by atomic mass is 127. The Hall–Kier alpha value is -0.630. The maximum atomic E-state index is 10.5. The smallest absolute Gasteiger partial charge is 0.133 e. The second-order valence-electron chi connectivity index (χ2n) is 4.49. The average molecular weight is 463 g/mol. The zero-order valence-corrected chi connectivity index (χ0v) is 15.3. The molecule has 0 aliphatic rings. The zero-order valence-electron chi connectivity index (χ0n) is 11.6. The quantitative estimate of drug-likeness (QED) is 0.517. The van der Waals surface area contributed by atoms with Gasteiger partial charge in [-0.15, -0.1) is 0 Å². The minimum absolute atomic E-state index is 0.494. The van der Waals surface area contributed by atoms with E-state index in [1.807, 2.05) is 42.5 Å². The second kappa shape index (κ2) is 8.12. The number of hydrogen-bond acceptors (Lipinski definition) is 3. The highest BCUT2D eigenvalue weighted by Crippen LogP contribution is 2.31. The maximum Gasteiger partial charge on any atom is 0.133 e. The number of halogens is 2. The first-order chi connectivity index (χ1) is 10.1.